The predicted molar refractivity (Wildman–Crippen MR) is 98.8 cm³/mol. The van der Waals surface area contributed by atoms with Crippen LogP contribution in [0.3, 0.4) is 0 Å². The third-order valence-electron chi connectivity index (χ3n) is 4.30. The van der Waals surface area contributed by atoms with Crippen LogP contribution in [-0.4, -0.2) is 60.5 Å². The van der Waals surface area contributed by atoms with Gasteiger partial charge >= 0.3 is 0 Å². The first-order valence-electron chi connectivity index (χ1n) is 8.65. The van der Waals surface area contributed by atoms with Crippen LogP contribution < -0.4 is 4.90 Å². The van der Waals surface area contributed by atoms with Crippen molar-refractivity contribution in [1.82, 2.24) is 15.1 Å². The maximum Gasteiger partial charge on any atom is 0.208 e. The van der Waals surface area contributed by atoms with Crippen molar-refractivity contribution in [3.8, 4) is 0 Å². The average molecular weight is 364 g/mol. The second-order valence-electron chi connectivity index (χ2n) is 6.72. The van der Waals surface area contributed by atoms with Gasteiger partial charge in [0, 0.05) is 39.6 Å². The van der Waals surface area contributed by atoms with Gasteiger partial charge in [-0.15, -0.1) is 10.2 Å². The van der Waals surface area contributed by atoms with Gasteiger partial charge in [-0.2, -0.15) is 0 Å². The normalized spacial score (nSPS) is 21.4. The number of rotatable bonds is 6. The third kappa shape index (κ3) is 5.20. The number of hydrogen-bond donors (Lipinski definition) is 0. The SMILES string of the molecule is C[C@@H]1CN(CCN(C)c2nnc(Cc3ccc(F)cc3)s2)C[C@H](C)O1. The topological polar surface area (TPSA) is 41.5 Å². The van der Waals surface area contributed by atoms with Crippen LogP contribution in [0.4, 0.5) is 9.52 Å². The molecule has 0 unspecified atom stereocenters. The van der Waals surface area contributed by atoms with E-state index < -0.39 is 0 Å². The Kier molecular flexibility index (Phi) is 5.98. The summed E-state index contributed by atoms with van der Waals surface area (Å²) < 4.78 is 18.8. The molecule has 0 aliphatic carbocycles. The Bertz CT molecular complexity index is 668. The van der Waals surface area contributed by atoms with E-state index in [1.807, 2.05) is 0 Å². The highest BCUT2D eigenvalue weighted by Crippen LogP contribution is 2.21. The maximum atomic E-state index is 13.0. The molecule has 0 radical (unpaired) electrons. The standard InChI is InChI=1S/C18H25FN4OS/c1-13-11-23(12-14(2)24-13)9-8-22(3)18-21-20-17(25-18)10-15-4-6-16(19)7-5-15/h4-7,13-14H,8-12H2,1-3H3/t13-,14+. The highest BCUT2D eigenvalue weighted by atomic mass is 32.1. The Morgan fingerprint density at radius 2 is 1.88 bits per heavy atom. The molecule has 5 nitrogen and oxygen atoms in total. The van der Waals surface area contributed by atoms with Gasteiger partial charge in [-0.25, -0.2) is 4.39 Å². The van der Waals surface area contributed by atoms with Crippen LogP contribution in [0.2, 0.25) is 0 Å². The molecule has 3 rings (SSSR count). The van der Waals surface area contributed by atoms with E-state index in [4.69, 9.17) is 4.74 Å². The fourth-order valence-corrected chi connectivity index (χ4v) is 3.96. The molecule has 1 aliphatic heterocycles. The van der Waals surface area contributed by atoms with Gasteiger partial charge in [0.15, 0.2) is 0 Å². The number of halogens is 1. The van der Waals surface area contributed by atoms with Gasteiger partial charge in [-0.1, -0.05) is 23.5 Å². The van der Waals surface area contributed by atoms with Gasteiger partial charge < -0.3 is 9.64 Å². The summed E-state index contributed by atoms with van der Waals surface area (Å²) in [5.41, 5.74) is 1.04. The highest BCUT2D eigenvalue weighted by Gasteiger charge is 2.22. The lowest BCUT2D eigenvalue weighted by atomic mass is 10.2. The van der Waals surface area contributed by atoms with Crippen LogP contribution in [0.1, 0.15) is 24.4 Å². The van der Waals surface area contributed by atoms with Crippen molar-refractivity contribution in [2.45, 2.75) is 32.5 Å². The zero-order chi connectivity index (χ0) is 17.8. The van der Waals surface area contributed by atoms with Crippen molar-refractivity contribution in [2.75, 3.05) is 38.1 Å². The summed E-state index contributed by atoms with van der Waals surface area (Å²) in [6.07, 6.45) is 1.26. The van der Waals surface area contributed by atoms with E-state index in [9.17, 15) is 4.39 Å². The van der Waals surface area contributed by atoms with Gasteiger partial charge in [0.2, 0.25) is 5.13 Å². The second-order valence-corrected chi connectivity index (χ2v) is 7.76. The molecule has 1 fully saturated rings. The molecule has 0 bridgehead atoms. The van der Waals surface area contributed by atoms with Gasteiger partial charge in [0.25, 0.3) is 0 Å². The summed E-state index contributed by atoms with van der Waals surface area (Å²) in [7, 11) is 2.05. The molecule has 0 spiro atoms. The van der Waals surface area contributed by atoms with Gasteiger partial charge in [0.1, 0.15) is 10.8 Å². The molecule has 2 aromatic rings. The Morgan fingerprint density at radius 3 is 2.56 bits per heavy atom. The molecule has 2 heterocycles. The van der Waals surface area contributed by atoms with E-state index >= 15 is 0 Å². The molecule has 1 aliphatic rings. The first kappa shape index (κ1) is 18.2. The fourth-order valence-electron chi connectivity index (χ4n) is 3.10. The molecular weight excluding hydrogens is 339 g/mol. The van der Waals surface area contributed by atoms with Crippen molar-refractivity contribution in [1.29, 1.82) is 0 Å². The van der Waals surface area contributed by atoms with E-state index in [-0.39, 0.29) is 18.0 Å². The largest absolute Gasteiger partial charge is 0.373 e. The van der Waals surface area contributed by atoms with Gasteiger partial charge in [-0.3, -0.25) is 4.90 Å². The summed E-state index contributed by atoms with van der Waals surface area (Å²) >= 11 is 1.59. The monoisotopic (exact) mass is 364 g/mol. The summed E-state index contributed by atoms with van der Waals surface area (Å²) in [5, 5.41) is 10.4. The van der Waals surface area contributed by atoms with Crippen molar-refractivity contribution < 1.29 is 9.13 Å². The van der Waals surface area contributed by atoms with E-state index in [0.717, 1.165) is 41.9 Å². The smallest absolute Gasteiger partial charge is 0.208 e. The molecule has 0 amide bonds. The zero-order valence-corrected chi connectivity index (χ0v) is 15.8. The first-order chi connectivity index (χ1) is 12.0. The number of hydrogen-bond acceptors (Lipinski definition) is 6. The minimum absolute atomic E-state index is 0.215. The molecule has 0 saturated carbocycles. The summed E-state index contributed by atoms with van der Waals surface area (Å²) in [6, 6.07) is 6.54. The predicted octanol–water partition coefficient (Wildman–Crippen LogP) is 2.81. The first-order valence-corrected chi connectivity index (χ1v) is 9.47. The Labute approximate surface area is 152 Å². The molecule has 1 saturated heterocycles. The maximum absolute atomic E-state index is 13.0. The molecule has 1 aromatic carbocycles. The minimum atomic E-state index is -0.215. The second kappa shape index (κ2) is 8.21. The lowest BCUT2D eigenvalue weighted by Gasteiger charge is -2.36. The minimum Gasteiger partial charge on any atom is -0.373 e. The number of morpholine rings is 1. The molecule has 25 heavy (non-hydrogen) atoms. The van der Waals surface area contributed by atoms with Crippen LogP contribution in [0.25, 0.3) is 0 Å². The van der Waals surface area contributed by atoms with Crippen LogP contribution in [0.5, 0.6) is 0 Å². The number of nitrogens with zero attached hydrogens (tertiary/aromatic N) is 4. The molecular formula is C18H25FN4OS. The summed E-state index contributed by atoms with van der Waals surface area (Å²) in [4.78, 5) is 4.59. The van der Waals surface area contributed by atoms with E-state index in [0.29, 0.717) is 6.42 Å². The van der Waals surface area contributed by atoms with Crippen molar-refractivity contribution in [3.05, 3.63) is 40.7 Å². The number of likely N-dealkylation sites (N-methyl/N-ethyl adjacent to an activating group) is 1. The zero-order valence-electron chi connectivity index (χ0n) is 15.0. The highest BCUT2D eigenvalue weighted by molar-refractivity contribution is 7.15. The summed E-state index contributed by atoms with van der Waals surface area (Å²) in [6.45, 7) is 8.10. The summed E-state index contributed by atoms with van der Waals surface area (Å²) in [5.74, 6) is -0.215. The van der Waals surface area contributed by atoms with E-state index in [2.05, 4.69) is 40.9 Å². The molecule has 7 heteroatoms. The molecule has 136 valence electrons. The lowest BCUT2D eigenvalue weighted by molar-refractivity contribution is -0.0670. The van der Waals surface area contributed by atoms with Crippen molar-refractivity contribution >= 4 is 16.5 Å². The van der Waals surface area contributed by atoms with Crippen molar-refractivity contribution in [3.63, 3.8) is 0 Å². The van der Waals surface area contributed by atoms with Crippen LogP contribution in [0.15, 0.2) is 24.3 Å². The van der Waals surface area contributed by atoms with E-state index in [1.165, 1.54) is 12.1 Å². The van der Waals surface area contributed by atoms with Crippen LogP contribution in [-0.2, 0) is 11.2 Å². The third-order valence-corrected chi connectivity index (χ3v) is 5.34. The van der Waals surface area contributed by atoms with Crippen LogP contribution >= 0.6 is 11.3 Å². The number of benzene rings is 1. The Balaban J connectivity index is 1.52. The van der Waals surface area contributed by atoms with Gasteiger partial charge in [0.05, 0.1) is 12.2 Å². The quantitative estimate of drug-likeness (QED) is 0.788. The van der Waals surface area contributed by atoms with Crippen LogP contribution in [0, 0.1) is 5.82 Å². The Hall–Kier alpha value is -1.57. The average Bonchev–Trinajstić information content (AvgIpc) is 3.02. The van der Waals surface area contributed by atoms with Gasteiger partial charge in [-0.05, 0) is 31.5 Å². The Morgan fingerprint density at radius 1 is 1.20 bits per heavy atom. The fraction of sp³-hybridized carbons (Fsp3) is 0.556. The number of aromatic nitrogens is 2. The lowest BCUT2D eigenvalue weighted by Crippen LogP contribution is -2.47. The number of anilines is 1. The van der Waals surface area contributed by atoms with E-state index in [1.54, 1.807) is 23.5 Å². The molecule has 2 atom stereocenters. The number of ether oxygens (including phenoxy) is 1. The van der Waals surface area contributed by atoms with Crippen molar-refractivity contribution in [2.24, 2.45) is 0 Å². The molecule has 0 N–H and O–H groups in total. The molecule has 1 aromatic heterocycles.